The number of hydrogen-bond donors (Lipinski definition) is 2. The van der Waals surface area contributed by atoms with Crippen LogP contribution in [0.25, 0.3) is 17.1 Å². The van der Waals surface area contributed by atoms with E-state index < -0.39 is 11.7 Å². The molecule has 7 nitrogen and oxygen atoms in total. The standard InChI is InChI=1S/C21H23F3N7.Ac/c1-11-17(13-7-9-14(25)10-8-13)27-19(15-5-3-4-6-16(15)21(22,23)24)28-18(11)29-20-26-12(2)30-31-20;/h3-6,13-14,25H,7-10H2,1-2H3,(H2,26,27,28,29,30,31);/q-1;. The summed E-state index contributed by atoms with van der Waals surface area (Å²) in [7, 11) is 0. The van der Waals surface area contributed by atoms with Crippen molar-refractivity contribution < 1.29 is 57.2 Å². The van der Waals surface area contributed by atoms with Crippen LogP contribution in [0.2, 0.25) is 0 Å². The fourth-order valence-electron chi connectivity index (χ4n) is 3.97. The summed E-state index contributed by atoms with van der Waals surface area (Å²) >= 11 is 0. The molecule has 0 saturated heterocycles. The predicted octanol–water partition coefficient (Wildman–Crippen LogP) is 5.72. The number of benzene rings is 1. The average Bonchev–Trinajstić information content (AvgIpc) is 3.14. The first-order valence-corrected chi connectivity index (χ1v) is 10.1. The van der Waals surface area contributed by atoms with Crippen molar-refractivity contribution in [2.75, 3.05) is 5.32 Å². The van der Waals surface area contributed by atoms with Crippen LogP contribution in [-0.2, 0) is 6.18 Å². The molecular weight excluding hydrogens is 634 g/mol. The molecule has 11 heteroatoms. The first kappa shape index (κ1) is 25.1. The van der Waals surface area contributed by atoms with E-state index in [9.17, 15) is 13.2 Å². The van der Waals surface area contributed by atoms with E-state index in [1.165, 1.54) is 12.1 Å². The van der Waals surface area contributed by atoms with E-state index in [-0.39, 0.29) is 73.4 Å². The molecule has 0 aliphatic heterocycles. The summed E-state index contributed by atoms with van der Waals surface area (Å²) in [6, 6.07) is 5.22. The van der Waals surface area contributed by atoms with Gasteiger partial charge in [0.15, 0.2) is 5.82 Å². The van der Waals surface area contributed by atoms with Crippen LogP contribution in [0.15, 0.2) is 24.3 Å². The Morgan fingerprint density at radius 3 is 2.34 bits per heavy atom. The van der Waals surface area contributed by atoms with Gasteiger partial charge in [-0.1, -0.05) is 31.0 Å². The second-order valence-corrected chi connectivity index (χ2v) is 7.87. The molecule has 1 fully saturated rings. The van der Waals surface area contributed by atoms with Gasteiger partial charge in [0.1, 0.15) is 11.6 Å². The van der Waals surface area contributed by atoms with Gasteiger partial charge in [-0.15, -0.1) is 11.1 Å². The van der Waals surface area contributed by atoms with Crippen molar-refractivity contribution >= 4 is 11.8 Å². The molecule has 4 rings (SSSR count). The number of nitrogens with one attached hydrogen (secondary N) is 3. The zero-order valence-corrected chi connectivity index (χ0v) is 22.5. The van der Waals surface area contributed by atoms with Crippen LogP contribution in [0.1, 0.15) is 54.2 Å². The number of aromatic amines is 1. The van der Waals surface area contributed by atoms with Crippen molar-refractivity contribution in [2.45, 2.75) is 57.7 Å². The molecule has 0 unspecified atom stereocenters. The number of H-pyrrole nitrogens is 1. The molecule has 0 amide bonds. The SMILES string of the molecule is Cc1nc(Nc2nc(-c3ccccc3C(F)(F)F)nc(C3CCC([NH-])CC3)c2C)n[nH]1.[Ac]. The molecule has 1 radical (unpaired) electrons. The zero-order chi connectivity index (χ0) is 22.2. The van der Waals surface area contributed by atoms with E-state index in [2.05, 4.69) is 30.5 Å². The Morgan fingerprint density at radius 1 is 1.03 bits per heavy atom. The molecule has 3 N–H and O–H groups in total. The van der Waals surface area contributed by atoms with Crippen molar-refractivity contribution in [1.82, 2.24) is 25.1 Å². The maximum Gasteiger partial charge on any atom is 0.417 e. The molecule has 167 valence electrons. The Kier molecular flexibility index (Phi) is 7.94. The first-order chi connectivity index (χ1) is 14.7. The number of halogens is 3. The molecule has 2 heterocycles. The fourth-order valence-corrected chi connectivity index (χ4v) is 3.97. The van der Waals surface area contributed by atoms with Gasteiger partial charge in [-0.05, 0) is 32.8 Å². The smallest absolute Gasteiger partial charge is 0.417 e. The molecule has 1 aromatic carbocycles. The predicted molar refractivity (Wildman–Crippen MR) is 111 cm³/mol. The van der Waals surface area contributed by atoms with Gasteiger partial charge in [0.05, 0.1) is 11.3 Å². The molecule has 1 aliphatic carbocycles. The van der Waals surface area contributed by atoms with Crippen molar-refractivity contribution in [1.29, 1.82) is 0 Å². The Labute approximate surface area is 219 Å². The van der Waals surface area contributed by atoms with Gasteiger partial charge in [0, 0.05) is 61.1 Å². The van der Waals surface area contributed by atoms with E-state index in [0.29, 0.717) is 17.3 Å². The third kappa shape index (κ3) is 5.49. The van der Waals surface area contributed by atoms with Gasteiger partial charge in [0.2, 0.25) is 5.95 Å². The molecule has 1 saturated carbocycles. The van der Waals surface area contributed by atoms with Gasteiger partial charge < -0.3 is 11.1 Å². The van der Waals surface area contributed by atoms with Crippen LogP contribution in [0, 0.1) is 57.9 Å². The van der Waals surface area contributed by atoms with Crippen molar-refractivity contribution in [2.24, 2.45) is 0 Å². The number of nitrogens with zero attached hydrogens (tertiary/aromatic N) is 4. The van der Waals surface area contributed by atoms with Crippen LogP contribution in [-0.4, -0.2) is 31.2 Å². The quantitative estimate of drug-likeness (QED) is 0.374. The third-order valence-corrected chi connectivity index (χ3v) is 5.60. The number of alkyl halides is 3. The van der Waals surface area contributed by atoms with Gasteiger partial charge in [-0.25, -0.2) is 9.97 Å². The maximum absolute atomic E-state index is 13.6. The van der Waals surface area contributed by atoms with Gasteiger partial charge in [-0.3, -0.25) is 5.10 Å². The Balaban J connectivity index is 0.00000289. The minimum Gasteiger partial charge on any atom is -0.675 e. The largest absolute Gasteiger partial charge is 0.675 e. The van der Waals surface area contributed by atoms with Crippen LogP contribution < -0.4 is 5.32 Å². The molecule has 0 atom stereocenters. The average molecular weight is 657 g/mol. The normalized spacial score (nSPS) is 18.8. The number of hydrogen-bond acceptors (Lipinski definition) is 5. The van der Waals surface area contributed by atoms with Crippen LogP contribution >= 0.6 is 0 Å². The first-order valence-electron chi connectivity index (χ1n) is 10.1. The molecule has 2 aromatic heterocycles. The molecule has 0 bridgehead atoms. The molecular formula is C21H23AcF3N7-. The minimum atomic E-state index is -4.53. The monoisotopic (exact) mass is 657 g/mol. The Morgan fingerprint density at radius 2 is 1.72 bits per heavy atom. The summed E-state index contributed by atoms with van der Waals surface area (Å²) in [5.74, 6) is 1.34. The Hall–Kier alpha value is -1.57. The van der Waals surface area contributed by atoms with Gasteiger partial charge in [-0.2, -0.15) is 18.2 Å². The molecule has 0 spiro atoms. The van der Waals surface area contributed by atoms with Crippen LogP contribution in [0.4, 0.5) is 24.9 Å². The Bertz CT molecular complexity index is 1080. The summed E-state index contributed by atoms with van der Waals surface area (Å²) in [4.78, 5) is 13.3. The topological polar surface area (TPSA) is 103 Å². The van der Waals surface area contributed by atoms with Crippen LogP contribution in [0.5, 0.6) is 0 Å². The van der Waals surface area contributed by atoms with E-state index >= 15 is 0 Å². The second-order valence-electron chi connectivity index (χ2n) is 7.87. The van der Waals surface area contributed by atoms with Gasteiger partial charge >= 0.3 is 6.18 Å². The van der Waals surface area contributed by atoms with E-state index in [1.807, 2.05) is 6.92 Å². The van der Waals surface area contributed by atoms with E-state index in [1.54, 1.807) is 13.0 Å². The minimum absolute atomic E-state index is 0. The van der Waals surface area contributed by atoms with E-state index in [4.69, 9.17) is 5.73 Å². The summed E-state index contributed by atoms with van der Waals surface area (Å²) in [5.41, 5.74) is 8.57. The molecule has 3 aromatic rings. The molecule has 1 aliphatic rings. The number of aryl methyl sites for hydroxylation is 1. The zero-order valence-electron chi connectivity index (χ0n) is 17.8. The summed E-state index contributed by atoms with van der Waals surface area (Å²) in [5, 5.41) is 9.81. The maximum atomic E-state index is 13.6. The number of aromatic nitrogens is 5. The van der Waals surface area contributed by atoms with Gasteiger partial charge in [0.25, 0.3) is 0 Å². The summed E-state index contributed by atoms with van der Waals surface area (Å²) in [6.07, 6.45) is -1.50. The number of rotatable bonds is 4. The van der Waals surface area contributed by atoms with E-state index in [0.717, 1.165) is 37.3 Å². The van der Waals surface area contributed by atoms with Crippen molar-refractivity contribution in [3.63, 3.8) is 0 Å². The summed E-state index contributed by atoms with van der Waals surface area (Å²) < 4.78 is 40.9. The fraction of sp³-hybridized carbons (Fsp3) is 0.429. The third-order valence-electron chi connectivity index (χ3n) is 5.60. The summed E-state index contributed by atoms with van der Waals surface area (Å²) in [6.45, 7) is 3.60. The van der Waals surface area contributed by atoms with Crippen LogP contribution in [0.3, 0.4) is 0 Å². The van der Waals surface area contributed by atoms with Crippen molar-refractivity contribution in [3.8, 4) is 11.4 Å². The molecule has 32 heavy (non-hydrogen) atoms. The number of anilines is 2. The second kappa shape index (κ2) is 10.1. The van der Waals surface area contributed by atoms with Crippen molar-refractivity contribution in [3.05, 3.63) is 52.6 Å².